The van der Waals surface area contributed by atoms with Crippen molar-refractivity contribution in [3.05, 3.63) is 71.8 Å². The van der Waals surface area contributed by atoms with Crippen molar-refractivity contribution in [1.29, 1.82) is 0 Å². The summed E-state index contributed by atoms with van der Waals surface area (Å²) in [6.45, 7) is -0.631. The highest BCUT2D eigenvalue weighted by Crippen LogP contribution is 2.26. The standard InChI is InChI=1S/C22H22O7/c1-27-20-10-7-17(13-19(20)24)9-12-22(26)29-15-18(23)14-28-21(25)11-8-16-5-3-2-4-6-16/h2-13,18,23-24H,14-15H2,1H3/b11-8+,12-9+. The molecular weight excluding hydrogens is 376 g/mol. The number of esters is 2. The zero-order chi connectivity index (χ0) is 21.1. The van der Waals surface area contributed by atoms with Gasteiger partial charge in [-0.3, -0.25) is 0 Å². The molecule has 0 aliphatic heterocycles. The van der Waals surface area contributed by atoms with Gasteiger partial charge in [0.1, 0.15) is 19.3 Å². The molecule has 1 unspecified atom stereocenters. The van der Waals surface area contributed by atoms with Crippen LogP contribution in [0.4, 0.5) is 0 Å². The van der Waals surface area contributed by atoms with E-state index in [4.69, 9.17) is 14.2 Å². The third-order valence-corrected chi connectivity index (χ3v) is 3.66. The van der Waals surface area contributed by atoms with Crippen LogP contribution < -0.4 is 4.74 Å². The normalized spacial score (nSPS) is 12.1. The lowest BCUT2D eigenvalue weighted by Crippen LogP contribution is -2.24. The highest BCUT2D eigenvalue weighted by molar-refractivity contribution is 5.87. The summed E-state index contributed by atoms with van der Waals surface area (Å²) in [6.07, 6.45) is 4.30. The molecule has 2 aromatic carbocycles. The number of carbonyl (C=O) groups excluding carboxylic acids is 2. The minimum absolute atomic E-state index is 0.0541. The van der Waals surface area contributed by atoms with Crippen molar-refractivity contribution in [2.75, 3.05) is 20.3 Å². The second-order valence-electron chi connectivity index (χ2n) is 5.92. The Balaban J connectivity index is 1.70. The van der Waals surface area contributed by atoms with Crippen LogP contribution in [-0.2, 0) is 19.1 Å². The summed E-state index contributed by atoms with van der Waals surface area (Å²) >= 11 is 0. The van der Waals surface area contributed by atoms with Gasteiger partial charge >= 0.3 is 11.9 Å². The molecule has 0 spiro atoms. The third-order valence-electron chi connectivity index (χ3n) is 3.66. The van der Waals surface area contributed by atoms with Gasteiger partial charge in [-0.15, -0.1) is 0 Å². The molecule has 2 rings (SSSR count). The molecule has 0 aromatic heterocycles. The van der Waals surface area contributed by atoms with Gasteiger partial charge in [-0.25, -0.2) is 9.59 Å². The summed E-state index contributed by atoms with van der Waals surface area (Å²) in [5.74, 6) is -1.03. The Morgan fingerprint density at radius 1 is 0.931 bits per heavy atom. The summed E-state index contributed by atoms with van der Waals surface area (Å²) < 4.78 is 14.7. The number of aliphatic hydroxyl groups excluding tert-OH is 1. The lowest BCUT2D eigenvalue weighted by atomic mass is 10.2. The third kappa shape index (κ3) is 7.90. The van der Waals surface area contributed by atoms with Gasteiger partial charge in [0.2, 0.25) is 0 Å². The minimum atomic E-state index is -1.15. The van der Waals surface area contributed by atoms with Gasteiger partial charge in [0.15, 0.2) is 11.5 Å². The quantitative estimate of drug-likeness (QED) is 0.494. The Kier molecular flexibility index (Phi) is 8.47. The number of phenols is 1. The first-order chi connectivity index (χ1) is 14.0. The molecule has 0 amide bonds. The van der Waals surface area contributed by atoms with E-state index >= 15 is 0 Å². The van der Waals surface area contributed by atoms with Crippen LogP contribution in [0.25, 0.3) is 12.2 Å². The Labute approximate surface area is 168 Å². The Bertz CT molecular complexity index is 872. The monoisotopic (exact) mass is 398 g/mol. The average Bonchev–Trinajstić information content (AvgIpc) is 2.74. The lowest BCUT2D eigenvalue weighted by molar-refractivity contribution is -0.146. The van der Waals surface area contributed by atoms with Gasteiger partial charge in [0.25, 0.3) is 0 Å². The molecule has 0 heterocycles. The van der Waals surface area contributed by atoms with Crippen molar-refractivity contribution < 1.29 is 34.0 Å². The fourth-order valence-electron chi connectivity index (χ4n) is 2.20. The van der Waals surface area contributed by atoms with Crippen molar-refractivity contribution >= 4 is 24.1 Å². The summed E-state index contributed by atoms with van der Waals surface area (Å²) in [5, 5.41) is 19.4. The van der Waals surface area contributed by atoms with Crippen LogP contribution in [0.2, 0.25) is 0 Å². The van der Waals surface area contributed by atoms with Gasteiger partial charge in [-0.1, -0.05) is 36.4 Å². The largest absolute Gasteiger partial charge is 0.504 e. The zero-order valence-electron chi connectivity index (χ0n) is 15.9. The number of methoxy groups -OCH3 is 1. The van der Waals surface area contributed by atoms with Gasteiger partial charge in [0, 0.05) is 12.2 Å². The maximum atomic E-state index is 11.7. The fourth-order valence-corrected chi connectivity index (χ4v) is 2.20. The first kappa shape index (κ1) is 21.7. The number of ether oxygens (including phenoxy) is 3. The predicted octanol–water partition coefficient (Wildman–Crippen LogP) is 2.57. The molecule has 2 aromatic rings. The zero-order valence-corrected chi connectivity index (χ0v) is 15.9. The van der Waals surface area contributed by atoms with E-state index in [-0.39, 0.29) is 19.0 Å². The van der Waals surface area contributed by atoms with E-state index in [9.17, 15) is 19.8 Å². The van der Waals surface area contributed by atoms with Crippen LogP contribution in [0.15, 0.2) is 60.7 Å². The minimum Gasteiger partial charge on any atom is -0.504 e. The van der Waals surface area contributed by atoms with Gasteiger partial charge in [-0.05, 0) is 35.4 Å². The molecule has 2 N–H and O–H groups in total. The number of hydrogen-bond acceptors (Lipinski definition) is 7. The highest BCUT2D eigenvalue weighted by atomic mass is 16.6. The van der Waals surface area contributed by atoms with Gasteiger partial charge < -0.3 is 24.4 Å². The molecule has 0 saturated heterocycles. The molecule has 0 radical (unpaired) electrons. The smallest absolute Gasteiger partial charge is 0.330 e. The van der Waals surface area contributed by atoms with E-state index in [0.717, 1.165) is 11.6 Å². The molecule has 0 aliphatic carbocycles. The molecule has 29 heavy (non-hydrogen) atoms. The number of hydrogen-bond donors (Lipinski definition) is 2. The number of aromatic hydroxyl groups is 1. The van der Waals surface area contributed by atoms with Crippen molar-refractivity contribution in [3.8, 4) is 11.5 Å². The summed E-state index contributed by atoms with van der Waals surface area (Å²) in [6, 6.07) is 13.9. The predicted molar refractivity (Wildman–Crippen MR) is 107 cm³/mol. The second kappa shape index (κ2) is 11.3. The number of benzene rings is 2. The van der Waals surface area contributed by atoms with E-state index in [1.807, 2.05) is 30.3 Å². The second-order valence-corrected chi connectivity index (χ2v) is 5.92. The number of phenolic OH excluding ortho intramolecular Hbond substituents is 1. The topological polar surface area (TPSA) is 102 Å². The Morgan fingerprint density at radius 2 is 1.52 bits per heavy atom. The maximum Gasteiger partial charge on any atom is 0.330 e. The Hall–Kier alpha value is -3.58. The summed E-state index contributed by atoms with van der Waals surface area (Å²) in [7, 11) is 1.43. The van der Waals surface area contributed by atoms with Crippen LogP contribution in [0.3, 0.4) is 0 Å². The number of rotatable bonds is 9. The van der Waals surface area contributed by atoms with Gasteiger partial charge in [-0.2, -0.15) is 0 Å². The maximum absolute atomic E-state index is 11.7. The van der Waals surface area contributed by atoms with Crippen molar-refractivity contribution in [2.45, 2.75) is 6.10 Å². The first-order valence-electron chi connectivity index (χ1n) is 8.77. The van der Waals surface area contributed by atoms with Crippen LogP contribution >= 0.6 is 0 Å². The molecule has 0 fully saturated rings. The van der Waals surface area contributed by atoms with E-state index in [2.05, 4.69) is 0 Å². The summed E-state index contributed by atoms with van der Waals surface area (Å²) in [5.41, 5.74) is 1.41. The van der Waals surface area contributed by atoms with Crippen LogP contribution in [0.5, 0.6) is 11.5 Å². The SMILES string of the molecule is COc1ccc(/C=C/C(=O)OCC(O)COC(=O)/C=C/c2ccccc2)cc1O. The molecule has 1 atom stereocenters. The van der Waals surface area contributed by atoms with Crippen LogP contribution in [-0.4, -0.2) is 48.6 Å². The fraction of sp³-hybridized carbons (Fsp3) is 0.182. The van der Waals surface area contributed by atoms with Crippen molar-refractivity contribution in [2.24, 2.45) is 0 Å². The van der Waals surface area contributed by atoms with Crippen molar-refractivity contribution in [3.63, 3.8) is 0 Å². The molecule has 152 valence electrons. The molecular formula is C22H22O7. The molecule has 7 nitrogen and oxygen atoms in total. The first-order valence-corrected chi connectivity index (χ1v) is 8.77. The average molecular weight is 398 g/mol. The number of carbonyl (C=O) groups is 2. The molecule has 0 aliphatic rings. The summed E-state index contributed by atoms with van der Waals surface area (Å²) in [4.78, 5) is 23.3. The van der Waals surface area contributed by atoms with Gasteiger partial charge in [0.05, 0.1) is 7.11 Å². The van der Waals surface area contributed by atoms with Crippen molar-refractivity contribution in [1.82, 2.24) is 0 Å². The molecule has 0 saturated carbocycles. The number of aliphatic hydroxyl groups is 1. The Morgan fingerprint density at radius 3 is 2.07 bits per heavy atom. The van der Waals surface area contributed by atoms with E-state index < -0.39 is 18.0 Å². The lowest BCUT2D eigenvalue weighted by Gasteiger charge is -2.10. The van der Waals surface area contributed by atoms with Crippen LogP contribution in [0.1, 0.15) is 11.1 Å². The molecule has 7 heteroatoms. The van der Waals surface area contributed by atoms with Crippen LogP contribution in [0, 0.1) is 0 Å². The van der Waals surface area contributed by atoms with E-state index in [1.165, 1.54) is 25.3 Å². The van der Waals surface area contributed by atoms with E-state index in [0.29, 0.717) is 11.3 Å². The highest BCUT2D eigenvalue weighted by Gasteiger charge is 2.10. The molecule has 0 bridgehead atoms. The van der Waals surface area contributed by atoms with E-state index in [1.54, 1.807) is 18.2 Å².